The van der Waals surface area contributed by atoms with E-state index in [1.54, 1.807) is 16.2 Å². The van der Waals surface area contributed by atoms with Crippen LogP contribution in [0.2, 0.25) is 0 Å². The summed E-state index contributed by atoms with van der Waals surface area (Å²) in [7, 11) is 0. The second-order valence-electron chi connectivity index (χ2n) is 10.5. The predicted molar refractivity (Wildman–Crippen MR) is 126 cm³/mol. The Bertz CT molecular complexity index is 965. The summed E-state index contributed by atoms with van der Waals surface area (Å²) in [4.78, 5) is 19.2. The summed E-state index contributed by atoms with van der Waals surface area (Å²) in [6.07, 6.45) is 4.37. The fraction of sp³-hybridized carbons (Fsp3) is 0.600. The van der Waals surface area contributed by atoms with Crippen molar-refractivity contribution >= 4 is 17.2 Å². The number of hydrogen-bond acceptors (Lipinski definition) is 5. The third-order valence-electron chi connectivity index (χ3n) is 7.27. The molecule has 0 spiro atoms. The standard InChI is InChI=1S/C25H35N3O2S/c1-24(2)9-10-25(3,4)19-12-16(7-8-18(19)24)21-15-31-22(27-21)17-6-5-11-28(13-17)23(30)20(26)14-29/h7-8,12,15,17,20,29H,5-6,9-11,13-14,26H2,1-4H3/t17?,20-/m0/s1. The molecule has 0 saturated carbocycles. The normalized spacial score (nSPS) is 23.3. The molecule has 1 aromatic carbocycles. The van der Waals surface area contributed by atoms with Crippen molar-refractivity contribution in [3.63, 3.8) is 0 Å². The maximum Gasteiger partial charge on any atom is 0.241 e. The van der Waals surface area contributed by atoms with E-state index in [1.165, 1.54) is 29.5 Å². The van der Waals surface area contributed by atoms with Gasteiger partial charge in [-0.2, -0.15) is 0 Å². The zero-order chi connectivity index (χ0) is 22.4. The van der Waals surface area contributed by atoms with Gasteiger partial charge in [-0.1, -0.05) is 39.8 Å². The fourth-order valence-corrected chi connectivity index (χ4v) is 6.00. The van der Waals surface area contributed by atoms with Crippen molar-refractivity contribution in [2.45, 2.75) is 76.2 Å². The summed E-state index contributed by atoms with van der Waals surface area (Å²) in [5.41, 5.74) is 11.3. The number of nitrogens with two attached hydrogens (primary N) is 1. The number of fused-ring (bicyclic) bond motifs is 1. The van der Waals surface area contributed by atoms with Crippen LogP contribution in [0.15, 0.2) is 23.6 Å². The lowest BCUT2D eigenvalue weighted by molar-refractivity contribution is -0.134. The van der Waals surface area contributed by atoms with Crippen LogP contribution in [0.3, 0.4) is 0 Å². The van der Waals surface area contributed by atoms with Gasteiger partial charge in [-0.05, 0) is 53.7 Å². The van der Waals surface area contributed by atoms with Crippen LogP contribution < -0.4 is 5.73 Å². The number of hydrogen-bond donors (Lipinski definition) is 2. The Balaban J connectivity index is 1.58. The lowest BCUT2D eigenvalue weighted by Crippen LogP contribution is -2.49. The van der Waals surface area contributed by atoms with E-state index in [9.17, 15) is 9.90 Å². The van der Waals surface area contributed by atoms with Crippen molar-refractivity contribution in [2.75, 3.05) is 19.7 Å². The van der Waals surface area contributed by atoms with E-state index in [2.05, 4.69) is 51.3 Å². The van der Waals surface area contributed by atoms with Crippen LogP contribution in [0.5, 0.6) is 0 Å². The van der Waals surface area contributed by atoms with Crippen molar-refractivity contribution in [2.24, 2.45) is 5.73 Å². The van der Waals surface area contributed by atoms with Crippen LogP contribution in [0.4, 0.5) is 0 Å². The van der Waals surface area contributed by atoms with Crippen molar-refractivity contribution < 1.29 is 9.90 Å². The summed E-state index contributed by atoms with van der Waals surface area (Å²) in [5.74, 6) is 0.0684. The van der Waals surface area contributed by atoms with E-state index in [4.69, 9.17) is 10.7 Å². The predicted octanol–water partition coefficient (Wildman–Crippen LogP) is 4.18. The Labute approximate surface area is 189 Å². The van der Waals surface area contributed by atoms with Gasteiger partial charge >= 0.3 is 0 Å². The number of piperidine rings is 1. The first-order chi connectivity index (χ1) is 14.6. The molecule has 4 rings (SSSR count). The molecule has 1 aliphatic carbocycles. The van der Waals surface area contributed by atoms with Crippen LogP contribution in [0, 0.1) is 0 Å². The number of aliphatic hydroxyl groups is 1. The zero-order valence-corrected chi connectivity index (χ0v) is 20.0. The van der Waals surface area contributed by atoms with Crippen LogP contribution in [-0.2, 0) is 15.6 Å². The molecule has 2 aromatic rings. The molecule has 1 amide bonds. The minimum Gasteiger partial charge on any atom is -0.394 e. The van der Waals surface area contributed by atoms with Gasteiger partial charge < -0.3 is 15.7 Å². The van der Waals surface area contributed by atoms with Gasteiger partial charge in [-0.3, -0.25) is 4.79 Å². The van der Waals surface area contributed by atoms with E-state index >= 15 is 0 Å². The molecule has 1 saturated heterocycles. The molecule has 168 valence electrons. The van der Waals surface area contributed by atoms with Crippen molar-refractivity contribution in [3.8, 4) is 11.3 Å². The van der Waals surface area contributed by atoms with Crippen LogP contribution in [0.1, 0.15) is 75.4 Å². The second-order valence-corrected chi connectivity index (χ2v) is 11.4. The Morgan fingerprint density at radius 1 is 1.26 bits per heavy atom. The number of aliphatic hydroxyl groups excluding tert-OH is 1. The number of aromatic nitrogens is 1. The number of carbonyl (C=O) groups excluding carboxylic acids is 1. The van der Waals surface area contributed by atoms with E-state index in [1.807, 2.05) is 0 Å². The number of nitrogens with zero attached hydrogens (tertiary/aromatic N) is 2. The molecule has 6 heteroatoms. The van der Waals surface area contributed by atoms with Gasteiger partial charge in [0.15, 0.2) is 0 Å². The third kappa shape index (κ3) is 4.30. The average molecular weight is 442 g/mol. The topological polar surface area (TPSA) is 79.5 Å². The van der Waals surface area contributed by atoms with Gasteiger partial charge in [0.25, 0.3) is 0 Å². The monoisotopic (exact) mass is 441 g/mol. The lowest BCUT2D eigenvalue weighted by Gasteiger charge is -2.42. The molecule has 1 unspecified atom stereocenters. The van der Waals surface area contributed by atoms with E-state index in [0.717, 1.165) is 23.5 Å². The van der Waals surface area contributed by atoms with Crippen molar-refractivity contribution in [1.82, 2.24) is 9.88 Å². The first-order valence-corrected chi connectivity index (χ1v) is 12.3. The summed E-state index contributed by atoms with van der Waals surface area (Å²) >= 11 is 1.69. The molecular weight excluding hydrogens is 406 g/mol. The van der Waals surface area contributed by atoms with Gasteiger partial charge in [0.1, 0.15) is 6.04 Å². The summed E-state index contributed by atoms with van der Waals surface area (Å²) in [6.45, 7) is 10.4. The minimum absolute atomic E-state index is 0.163. The Hall–Kier alpha value is -1.76. The molecule has 2 heterocycles. The van der Waals surface area contributed by atoms with E-state index < -0.39 is 6.04 Å². The largest absolute Gasteiger partial charge is 0.394 e. The summed E-state index contributed by atoms with van der Waals surface area (Å²) in [6, 6.07) is 6.06. The van der Waals surface area contributed by atoms with E-state index in [0.29, 0.717) is 13.1 Å². The maximum absolute atomic E-state index is 12.4. The van der Waals surface area contributed by atoms with Gasteiger partial charge in [-0.25, -0.2) is 4.98 Å². The fourth-order valence-electron chi connectivity index (χ4n) is 5.05. The quantitative estimate of drug-likeness (QED) is 0.746. The van der Waals surface area contributed by atoms with Crippen LogP contribution >= 0.6 is 11.3 Å². The highest BCUT2D eigenvalue weighted by molar-refractivity contribution is 7.10. The number of amides is 1. The van der Waals surface area contributed by atoms with Gasteiger partial charge in [0.2, 0.25) is 5.91 Å². The molecule has 0 bridgehead atoms. The highest BCUT2D eigenvalue weighted by Crippen LogP contribution is 2.47. The average Bonchev–Trinajstić information content (AvgIpc) is 3.26. The number of carbonyl (C=O) groups is 1. The van der Waals surface area contributed by atoms with Gasteiger partial charge in [0, 0.05) is 30.0 Å². The number of benzene rings is 1. The SMILES string of the molecule is CC1(C)CCC(C)(C)c2cc(-c3csc(C4CCCN(C(=O)[C@@H](N)CO)C4)n3)ccc21. The number of thiazole rings is 1. The van der Waals surface area contributed by atoms with Gasteiger partial charge in [0.05, 0.1) is 17.3 Å². The van der Waals surface area contributed by atoms with Crippen molar-refractivity contribution in [1.29, 1.82) is 0 Å². The second kappa shape index (κ2) is 8.30. The van der Waals surface area contributed by atoms with Crippen LogP contribution in [-0.4, -0.2) is 46.6 Å². The highest BCUT2D eigenvalue weighted by Gasteiger charge is 2.37. The van der Waals surface area contributed by atoms with Crippen molar-refractivity contribution in [3.05, 3.63) is 39.7 Å². The molecule has 0 radical (unpaired) electrons. The third-order valence-corrected chi connectivity index (χ3v) is 8.27. The molecule has 2 atom stereocenters. The number of rotatable bonds is 4. The molecule has 5 nitrogen and oxygen atoms in total. The Morgan fingerprint density at radius 2 is 1.97 bits per heavy atom. The zero-order valence-electron chi connectivity index (χ0n) is 19.1. The van der Waals surface area contributed by atoms with Gasteiger partial charge in [-0.15, -0.1) is 11.3 Å². The molecule has 2 aliphatic rings. The molecule has 1 aromatic heterocycles. The summed E-state index contributed by atoms with van der Waals surface area (Å²) < 4.78 is 0. The van der Waals surface area contributed by atoms with E-state index in [-0.39, 0.29) is 29.3 Å². The minimum atomic E-state index is -0.825. The Morgan fingerprint density at radius 3 is 2.68 bits per heavy atom. The highest BCUT2D eigenvalue weighted by atomic mass is 32.1. The molecule has 1 fully saturated rings. The molecular formula is C25H35N3O2S. The molecule has 31 heavy (non-hydrogen) atoms. The lowest BCUT2D eigenvalue weighted by atomic mass is 9.63. The molecule has 1 aliphatic heterocycles. The first-order valence-electron chi connectivity index (χ1n) is 11.4. The Kier molecular flexibility index (Phi) is 6.01. The summed E-state index contributed by atoms with van der Waals surface area (Å²) in [5, 5.41) is 12.5. The van der Waals surface area contributed by atoms with Crippen LogP contribution in [0.25, 0.3) is 11.3 Å². The molecule has 3 N–H and O–H groups in total. The number of likely N-dealkylation sites (tertiary alicyclic amines) is 1. The smallest absolute Gasteiger partial charge is 0.241 e. The maximum atomic E-state index is 12.4. The first kappa shape index (κ1) is 22.4.